The fourth-order valence-electron chi connectivity index (χ4n) is 1.85. The molecule has 0 aromatic heterocycles. The first-order valence-corrected chi connectivity index (χ1v) is 7.28. The van der Waals surface area contributed by atoms with Crippen LogP contribution in [-0.2, 0) is 5.75 Å². The summed E-state index contributed by atoms with van der Waals surface area (Å²) < 4.78 is 0. The predicted molar refractivity (Wildman–Crippen MR) is 80.6 cm³/mol. The monoisotopic (exact) mass is 257 g/mol. The minimum absolute atomic E-state index is 0.0971. The number of hydrogen-bond donors (Lipinski definition) is 1. The van der Waals surface area contributed by atoms with Gasteiger partial charge in [0.1, 0.15) is 0 Å². The van der Waals surface area contributed by atoms with Crippen molar-refractivity contribution in [3.63, 3.8) is 0 Å². The average molecular weight is 257 g/mol. The molecule has 0 aliphatic rings. The van der Waals surface area contributed by atoms with Crippen molar-refractivity contribution in [2.45, 2.75) is 24.0 Å². The zero-order chi connectivity index (χ0) is 12.8. The second-order valence-electron chi connectivity index (χ2n) is 4.44. The molecule has 0 spiro atoms. The van der Waals surface area contributed by atoms with E-state index in [-0.39, 0.29) is 6.04 Å². The highest BCUT2D eigenvalue weighted by Crippen LogP contribution is 2.26. The zero-order valence-electron chi connectivity index (χ0n) is 10.6. The Labute approximate surface area is 113 Å². The molecule has 0 saturated heterocycles. The molecule has 1 nitrogen and oxygen atoms in total. The molecule has 0 aliphatic heterocycles. The van der Waals surface area contributed by atoms with Crippen molar-refractivity contribution >= 4 is 11.8 Å². The molecule has 0 heterocycles. The van der Waals surface area contributed by atoms with Gasteiger partial charge in [-0.25, -0.2) is 0 Å². The van der Waals surface area contributed by atoms with Crippen LogP contribution >= 0.6 is 11.8 Å². The molecule has 2 unspecified atom stereocenters. The van der Waals surface area contributed by atoms with Crippen LogP contribution in [0.2, 0.25) is 0 Å². The molecule has 2 atom stereocenters. The largest absolute Gasteiger partial charge is 0.323 e. The molecule has 2 heteroatoms. The van der Waals surface area contributed by atoms with Crippen molar-refractivity contribution in [1.82, 2.24) is 0 Å². The van der Waals surface area contributed by atoms with Crippen LogP contribution in [0, 0.1) is 0 Å². The van der Waals surface area contributed by atoms with Crippen LogP contribution < -0.4 is 5.73 Å². The van der Waals surface area contributed by atoms with Gasteiger partial charge in [-0.2, -0.15) is 11.8 Å². The normalized spacial score (nSPS) is 14.1. The maximum absolute atomic E-state index is 6.28. The van der Waals surface area contributed by atoms with Crippen molar-refractivity contribution < 1.29 is 0 Å². The van der Waals surface area contributed by atoms with E-state index >= 15 is 0 Å². The molecule has 0 amide bonds. The highest BCUT2D eigenvalue weighted by atomic mass is 32.2. The summed E-state index contributed by atoms with van der Waals surface area (Å²) in [4.78, 5) is 0. The third kappa shape index (κ3) is 3.62. The van der Waals surface area contributed by atoms with Crippen molar-refractivity contribution in [3.8, 4) is 0 Å². The maximum atomic E-state index is 6.28. The van der Waals surface area contributed by atoms with Gasteiger partial charge in [0.15, 0.2) is 0 Å². The molecular weight excluding hydrogens is 238 g/mol. The van der Waals surface area contributed by atoms with E-state index in [1.165, 1.54) is 11.1 Å². The molecule has 2 N–H and O–H groups in total. The van der Waals surface area contributed by atoms with Gasteiger partial charge >= 0.3 is 0 Å². The van der Waals surface area contributed by atoms with Crippen LogP contribution in [0.15, 0.2) is 60.7 Å². The van der Waals surface area contributed by atoms with E-state index in [1.807, 2.05) is 36.0 Å². The average Bonchev–Trinajstić information content (AvgIpc) is 2.46. The Hall–Kier alpha value is -1.25. The van der Waals surface area contributed by atoms with Crippen LogP contribution in [0.3, 0.4) is 0 Å². The lowest BCUT2D eigenvalue weighted by atomic mass is 10.1. The Morgan fingerprint density at radius 2 is 1.50 bits per heavy atom. The number of rotatable bonds is 5. The van der Waals surface area contributed by atoms with Gasteiger partial charge in [0.05, 0.1) is 0 Å². The number of thioether (sulfide) groups is 1. The number of nitrogens with two attached hydrogens (primary N) is 1. The Bertz CT molecular complexity index is 455. The topological polar surface area (TPSA) is 26.0 Å². The van der Waals surface area contributed by atoms with Crippen molar-refractivity contribution in [3.05, 3.63) is 71.8 Å². The summed E-state index contributed by atoms with van der Waals surface area (Å²) in [5.41, 5.74) is 8.85. The molecule has 0 bridgehead atoms. The fourth-order valence-corrected chi connectivity index (χ4v) is 2.86. The summed E-state index contributed by atoms with van der Waals surface area (Å²) in [6, 6.07) is 20.9. The fraction of sp³-hybridized carbons (Fsp3) is 0.250. The molecule has 18 heavy (non-hydrogen) atoms. The summed E-state index contributed by atoms with van der Waals surface area (Å²) in [7, 11) is 0. The first-order valence-electron chi connectivity index (χ1n) is 6.23. The first-order chi connectivity index (χ1) is 8.77. The van der Waals surface area contributed by atoms with E-state index in [2.05, 4.69) is 43.3 Å². The standard InChI is InChI=1S/C16H19NS/c1-13(16(17)15-10-6-3-7-11-15)18-12-14-8-4-2-5-9-14/h2-11,13,16H,12,17H2,1H3. The minimum atomic E-state index is 0.0971. The van der Waals surface area contributed by atoms with Gasteiger partial charge in [0.25, 0.3) is 0 Å². The van der Waals surface area contributed by atoms with E-state index in [9.17, 15) is 0 Å². The number of hydrogen-bond acceptors (Lipinski definition) is 2. The summed E-state index contributed by atoms with van der Waals surface area (Å²) >= 11 is 1.91. The van der Waals surface area contributed by atoms with E-state index < -0.39 is 0 Å². The first kappa shape index (κ1) is 13.2. The van der Waals surface area contributed by atoms with E-state index in [0.717, 1.165) is 5.75 Å². The minimum Gasteiger partial charge on any atom is -0.323 e. The smallest absolute Gasteiger partial charge is 0.0412 e. The SMILES string of the molecule is CC(SCc1ccccc1)C(N)c1ccccc1. The highest BCUT2D eigenvalue weighted by Gasteiger charge is 2.14. The van der Waals surface area contributed by atoms with Gasteiger partial charge in [-0.1, -0.05) is 67.6 Å². The second kappa shape index (κ2) is 6.62. The molecule has 2 rings (SSSR count). The van der Waals surface area contributed by atoms with E-state index in [1.54, 1.807) is 0 Å². The lowest BCUT2D eigenvalue weighted by molar-refractivity contribution is 0.715. The molecule has 2 aromatic rings. The van der Waals surface area contributed by atoms with Crippen LogP contribution in [0.5, 0.6) is 0 Å². The van der Waals surface area contributed by atoms with Gasteiger partial charge in [-0.15, -0.1) is 0 Å². The molecule has 0 radical (unpaired) electrons. The molecule has 0 saturated carbocycles. The van der Waals surface area contributed by atoms with Gasteiger partial charge in [0, 0.05) is 17.0 Å². The summed E-state index contributed by atoms with van der Waals surface area (Å²) in [5, 5.41) is 0.410. The number of benzene rings is 2. The second-order valence-corrected chi connectivity index (χ2v) is 5.80. The maximum Gasteiger partial charge on any atom is 0.0412 e. The van der Waals surface area contributed by atoms with Gasteiger partial charge in [-0.05, 0) is 11.1 Å². The van der Waals surface area contributed by atoms with Crippen molar-refractivity contribution in [2.75, 3.05) is 0 Å². The van der Waals surface area contributed by atoms with Gasteiger partial charge in [0.2, 0.25) is 0 Å². The third-order valence-electron chi connectivity index (χ3n) is 3.05. The molecule has 2 aromatic carbocycles. The lowest BCUT2D eigenvalue weighted by Gasteiger charge is -2.19. The van der Waals surface area contributed by atoms with Crippen molar-refractivity contribution in [2.24, 2.45) is 5.73 Å². The van der Waals surface area contributed by atoms with Crippen LogP contribution in [0.25, 0.3) is 0 Å². The Morgan fingerprint density at radius 1 is 0.944 bits per heavy atom. The van der Waals surface area contributed by atoms with Gasteiger partial charge < -0.3 is 5.73 Å². The van der Waals surface area contributed by atoms with Crippen LogP contribution in [0.1, 0.15) is 24.1 Å². The molecule has 0 fully saturated rings. The summed E-state index contributed by atoms with van der Waals surface area (Å²) in [6.45, 7) is 2.20. The van der Waals surface area contributed by atoms with Crippen LogP contribution in [0.4, 0.5) is 0 Å². The van der Waals surface area contributed by atoms with Crippen molar-refractivity contribution in [1.29, 1.82) is 0 Å². The van der Waals surface area contributed by atoms with E-state index in [0.29, 0.717) is 5.25 Å². The Morgan fingerprint density at radius 3 is 2.11 bits per heavy atom. The van der Waals surface area contributed by atoms with E-state index in [4.69, 9.17) is 5.73 Å². The predicted octanol–water partition coefficient (Wildman–Crippen LogP) is 4.01. The highest BCUT2D eigenvalue weighted by molar-refractivity contribution is 7.99. The molecular formula is C16H19NS. The zero-order valence-corrected chi connectivity index (χ0v) is 11.4. The summed E-state index contributed by atoms with van der Waals surface area (Å²) in [5.74, 6) is 1.02. The third-order valence-corrected chi connectivity index (χ3v) is 4.36. The lowest BCUT2D eigenvalue weighted by Crippen LogP contribution is -2.21. The van der Waals surface area contributed by atoms with Crippen LogP contribution in [-0.4, -0.2) is 5.25 Å². The summed E-state index contributed by atoms with van der Waals surface area (Å²) in [6.07, 6.45) is 0. The molecule has 94 valence electrons. The Balaban J connectivity index is 1.90. The Kier molecular flexibility index (Phi) is 4.85. The quantitative estimate of drug-likeness (QED) is 0.876. The van der Waals surface area contributed by atoms with Gasteiger partial charge in [-0.3, -0.25) is 0 Å². The molecule has 0 aliphatic carbocycles.